The van der Waals surface area contributed by atoms with E-state index in [1.165, 1.54) is 0 Å². The minimum atomic E-state index is -3.98. The van der Waals surface area contributed by atoms with Crippen molar-refractivity contribution in [3.63, 3.8) is 0 Å². The van der Waals surface area contributed by atoms with Crippen LogP contribution in [0.2, 0.25) is 0 Å². The zero-order chi connectivity index (χ0) is 7.61. The molecular weight excluding hydrogens is 143 g/mol. The van der Waals surface area contributed by atoms with Gasteiger partial charge in [-0.05, 0) is 19.5 Å². The summed E-state index contributed by atoms with van der Waals surface area (Å²) in [6, 6.07) is 0. The molecule has 1 rings (SSSR count). The molecule has 10 heavy (non-hydrogen) atoms. The molecule has 0 amide bonds. The second-order valence-corrected chi connectivity index (χ2v) is 2.56. The number of likely N-dealkylation sites (tertiary alicyclic amines) is 1. The van der Waals surface area contributed by atoms with Crippen molar-refractivity contribution < 1.29 is 13.2 Å². The van der Waals surface area contributed by atoms with E-state index in [-0.39, 0.29) is 6.54 Å². The van der Waals surface area contributed by atoms with E-state index in [0.717, 1.165) is 19.5 Å². The van der Waals surface area contributed by atoms with Crippen molar-refractivity contribution in [2.45, 2.75) is 19.0 Å². The first kappa shape index (κ1) is 7.85. The first-order valence-electron chi connectivity index (χ1n) is 3.37. The lowest BCUT2D eigenvalue weighted by atomic mass is 10.2. The van der Waals surface area contributed by atoms with Crippen LogP contribution in [0, 0.1) is 0 Å². The van der Waals surface area contributed by atoms with Crippen molar-refractivity contribution in [2.24, 2.45) is 0 Å². The van der Waals surface area contributed by atoms with Crippen LogP contribution in [0.4, 0.5) is 13.2 Å². The van der Waals surface area contributed by atoms with Crippen LogP contribution in [0.25, 0.3) is 0 Å². The zero-order valence-corrected chi connectivity index (χ0v) is 5.62. The molecule has 1 aliphatic heterocycles. The quantitative estimate of drug-likeness (QED) is 0.583. The number of rotatable bonds is 2. The van der Waals surface area contributed by atoms with Crippen LogP contribution in [0.15, 0.2) is 0 Å². The summed E-state index contributed by atoms with van der Waals surface area (Å²) in [7, 11) is 0. The van der Waals surface area contributed by atoms with E-state index < -0.39 is 12.6 Å². The summed E-state index contributed by atoms with van der Waals surface area (Å²) in [6.07, 6.45) is -3.58. The molecule has 0 aromatic heterocycles. The van der Waals surface area contributed by atoms with Crippen LogP contribution in [0.5, 0.6) is 0 Å². The van der Waals surface area contributed by atoms with Crippen LogP contribution in [-0.4, -0.2) is 30.7 Å². The average Bonchev–Trinajstić information content (AvgIpc) is 1.56. The first-order chi connectivity index (χ1) is 4.58. The highest BCUT2D eigenvalue weighted by atomic mass is 19.4. The van der Waals surface area contributed by atoms with Crippen molar-refractivity contribution in [1.29, 1.82) is 0 Å². The van der Waals surface area contributed by atoms with Crippen molar-refractivity contribution in [1.82, 2.24) is 4.90 Å². The van der Waals surface area contributed by atoms with Gasteiger partial charge in [-0.3, -0.25) is 0 Å². The maximum Gasteiger partial charge on any atom is 0.390 e. The summed E-state index contributed by atoms with van der Waals surface area (Å²) in [4.78, 5) is 1.81. The van der Waals surface area contributed by atoms with Gasteiger partial charge in [0, 0.05) is 6.54 Å². The molecule has 0 radical (unpaired) electrons. The van der Waals surface area contributed by atoms with E-state index in [4.69, 9.17) is 0 Å². The molecule has 0 aromatic rings. The van der Waals surface area contributed by atoms with Crippen LogP contribution in [0.1, 0.15) is 12.8 Å². The van der Waals surface area contributed by atoms with E-state index in [1.54, 1.807) is 0 Å². The molecule has 0 unspecified atom stereocenters. The molecule has 1 fully saturated rings. The van der Waals surface area contributed by atoms with Crippen molar-refractivity contribution >= 4 is 0 Å². The fourth-order valence-electron chi connectivity index (χ4n) is 0.890. The van der Waals surface area contributed by atoms with E-state index in [9.17, 15) is 13.2 Å². The fraction of sp³-hybridized carbons (Fsp3) is 1.00. The van der Waals surface area contributed by atoms with Gasteiger partial charge in [0.1, 0.15) is 0 Å². The Morgan fingerprint density at radius 3 is 2.10 bits per heavy atom. The van der Waals surface area contributed by atoms with E-state index in [0.29, 0.717) is 0 Å². The van der Waals surface area contributed by atoms with Crippen LogP contribution in [0.3, 0.4) is 0 Å². The highest BCUT2D eigenvalue weighted by Crippen LogP contribution is 2.20. The molecule has 0 aromatic carbocycles. The SMILES string of the molecule is FC(F)(F)CCN1CCC1. The highest BCUT2D eigenvalue weighted by molar-refractivity contribution is 4.69. The number of hydrogen-bond acceptors (Lipinski definition) is 1. The molecule has 4 heteroatoms. The van der Waals surface area contributed by atoms with E-state index >= 15 is 0 Å². The monoisotopic (exact) mass is 153 g/mol. The van der Waals surface area contributed by atoms with Gasteiger partial charge in [0.2, 0.25) is 0 Å². The maximum absolute atomic E-state index is 11.5. The van der Waals surface area contributed by atoms with Crippen molar-refractivity contribution in [3.05, 3.63) is 0 Å². The second-order valence-electron chi connectivity index (χ2n) is 2.56. The largest absolute Gasteiger partial charge is 0.390 e. The normalized spacial score (nSPS) is 20.7. The highest BCUT2D eigenvalue weighted by Gasteiger charge is 2.28. The lowest BCUT2D eigenvalue weighted by Gasteiger charge is -2.30. The third-order valence-corrected chi connectivity index (χ3v) is 1.66. The molecule has 0 atom stereocenters. The van der Waals surface area contributed by atoms with Crippen LogP contribution in [-0.2, 0) is 0 Å². The lowest BCUT2D eigenvalue weighted by Crippen LogP contribution is -2.39. The van der Waals surface area contributed by atoms with Gasteiger partial charge >= 0.3 is 6.18 Å². The minimum Gasteiger partial charge on any atom is -0.303 e. The molecule has 1 nitrogen and oxygen atoms in total. The topological polar surface area (TPSA) is 3.24 Å². The lowest BCUT2D eigenvalue weighted by molar-refractivity contribution is -0.139. The van der Waals surface area contributed by atoms with Crippen LogP contribution < -0.4 is 0 Å². The summed E-state index contributed by atoms with van der Waals surface area (Å²) in [6.45, 7) is 1.87. The Morgan fingerprint density at radius 1 is 1.20 bits per heavy atom. The summed E-state index contributed by atoms with van der Waals surface area (Å²) in [5.74, 6) is 0. The maximum atomic E-state index is 11.5. The van der Waals surface area contributed by atoms with E-state index in [1.807, 2.05) is 4.90 Å². The summed E-state index contributed by atoms with van der Waals surface area (Å²) in [5, 5.41) is 0. The van der Waals surface area contributed by atoms with Gasteiger partial charge in [0.25, 0.3) is 0 Å². The fourth-order valence-corrected chi connectivity index (χ4v) is 0.890. The minimum absolute atomic E-state index is 0.184. The predicted molar refractivity (Wildman–Crippen MR) is 31.7 cm³/mol. The Balaban J connectivity index is 2.04. The van der Waals surface area contributed by atoms with Crippen LogP contribution >= 0.6 is 0 Å². The summed E-state index contributed by atoms with van der Waals surface area (Å²) in [5.41, 5.74) is 0. The second kappa shape index (κ2) is 2.78. The Hall–Kier alpha value is -0.250. The third-order valence-electron chi connectivity index (χ3n) is 1.66. The Kier molecular flexibility index (Phi) is 2.18. The Morgan fingerprint density at radius 2 is 1.80 bits per heavy atom. The standard InChI is InChI=1S/C6H10F3N/c7-6(8,9)2-5-10-3-1-4-10/h1-5H2. The summed E-state index contributed by atoms with van der Waals surface area (Å²) >= 11 is 0. The molecule has 0 bridgehead atoms. The van der Waals surface area contributed by atoms with Gasteiger partial charge in [-0.25, -0.2) is 0 Å². The van der Waals surface area contributed by atoms with Gasteiger partial charge < -0.3 is 4.90 Å². The number of halogens is 3. The van der Waals surface area contributed by atoms with Gasteiger partial charge in [0.15, 0.2) is 0 Å². The molecule has 1 heterocycles. The van der Waals surface area contributed by atoms with E-state index in [2.05, 4.69) is 0 Å². The summed E-state index contributed by atoms with van der Waals surface area (Å²) < 4.78 is 34.6. The zero-order valence-electron chi connectivity index (χ0n) is 5.62. The average molecular weight is 153 g/mol. The Labute approximate surface area is 57.8 Å². The first-order valence-corrected chi connectivity index (χ1v) is 3.37. The number of nitrogens with zero attached hydrogens (tertiary/aromatic N) is 1. The molecular formula is C6H10F3N. The van der Waals surface area contributed by atoms with Gasteiger partial charge in [-0.2, -0.15) is 13.2 Å². The molecule has 0 saturated carbocycles. The van der Waals surface area contributed by atoms with Crippen molar-refractivity contribution in [3.8, 4) is 0 Å². The molecule has 60 valence electrons. The predicted octanol–water partition coefficient (Wildman–Crippen LogP) is 1.64. The molecule has 1 aliphatic rings. The number of alkyl halides is 3. The smallest absolute Gasteiger partial charge is 0.303 e. The van der Waals surface area contributed by atoms with Gasteiger partial charge in [-0.15, -0.1) is 0 Å². The molecule has 0 N–H and O–H groups in total. The molecule has 0 spiro atoms. The number of hydrogen-bond donors (Lipinski definition) is 0. The Bertz CT molecular complexity index is 106. The van der Waals surface area contributed by atoms with Gasteiger partial charge in [-0.1, -0.05) is 0 Å². The molecule has 1 saturated heterocycles. The molecule has 0 aliphatic carbocycles. The van der Waals surface area contributed by atoms with Crippen molar-refractivity contribution in [2.75, 3.05) is 19.6 Å². The van der Waals surface area contributed by atoms with Gasteiger partial charge in [0.05, 0.1) is 6.42 Å². The third kappa shape index (κ3) is 2.56.